The van der Waals surface area contributed by atoms with Gasteiger partial charge in [0, 0.05) is 0 Å². The van der Waals surface area contributed by atoms with E-state index in [1.54, 1.807) is 6.07 Å². The van der Waals surface area contributed by atoms with Crippen molar-refractivity contribution in [3.8, 4) is 0 Å². The first kappa shape index (κ1) is 13.4. The molecule has 0 aliphatic carbocycles. The first-order chi connectivity index (χ1) is 8.00. The number of hydrogen-bond acceptors (Lipinski definition) is 0. The lowest BCUT2D eigenvalue weighted by Crippen LogP contribution is -1.80. The van der Waals surface area contributed by atoms with Gasteiger partial charge in [0.2, 0.25) is 0 Å². The van der Waals surface area contributed by atoms with E-state index >= 15 is 0 Å². The Morgan fingerprint density at radius 3 is 1.47 bits per heavy atom. The Morgan fingerprint density at radius 2 is 1.12 bits per heavy atom. The molecule has 2 rings (SSSR count). The molecule has 0 aliphatic heterocycles. The van der Waals surface area contributed by atoms with Crippen LogP contribution in [0.15, 0.2) is 42.5 Å². The van der Waals surface area contributed by atoms with Gasteiger partial charge in [-0.05, 0) is 62.1 Å². The van der Waals surface area contributed by atoms with E-state index in [1.165, 1.54) is 23.3 Å². The minimum atomic E-state index is -0.155. The van der Waals surface area contributed by atoms with Gasteiger partial charge >= 0.3 is 0 Å². The Morgan fingerprint density at radius 1 is 0.647 bits per heavy atom. The molecule has 0 aliphatic rings. The summed E-state index contributed by atoms with van der Waals surface area (Å²) < 4.78 is 12.3. The summed E-state index contributed by atoms with van der Waals surface area (Å²) in [6.45, 7) is 8.11. The highest BCUT2D eigenvalue weighted by Gasteiger charge is 1.91. The van der Waals surface area contributed by atoms with E-state index in [-0.39, 0.29) is 5.82 Å². The third kappa shape index (κ3) is 4.39. The topological polar surface area (TPSA) is 0 Å². The molecule has 17 heavy (non-hydrogen) atoms. The summed E-state index contributed by atoms with van der Waals surface area (Å²) in [5.41, 5.74) is 4.88. The summed E-state index contributed by atoms with van der Waals surface area (Å²) >= 11 is 0. The van der Waals surface area contributed by atoms with Crippen molar-refractivity contribution in [1.29, 1.82) is 0 Å². The van der Waals surface area contributed by atoms with Crippen molar-refractivity contribution < 1.29 is 4.39 Å². The average molecular weight is 230 g/mol. The monoisotopic (exact) mass is 230 g/mol. The standard InChI is InChI=1S/C8H9F.C8H10/c1-6-3-4-8(9)5-7(6)2;1-7-5-3-4-6-8(7)2/h3-5H,1-2H3;3-6H,1-2H3. The van der Waals surface area contributed by atoms with Gasteiger partial charge in [0.15, 0.2) is 0 Å². The zero-order chi connectivity index (χ0) is 12.8. The third-order valence-electron chi connectivity index (χ3n) is 2.89. The number of aryl methyl sites for hydroxylation is 4. The van der Waals surface area contributed by atoms with Crippen molar-refractivity contribution in [2.24, 2.45) is 0 Å². The van der Waals surface area contributed by atoms with Crippen LogP contribution in [0.4, 0.5) is 4.39 Å². The highest BCUT2D eigenvalue weighted by atomic mass is 19.1. The van der Waals surface area contributed by atoms with Crippen LogP contribution >= 0.6 is 0 Å². The lowest BCUT2D eigenvalue weighted by molar-refractivity contribution is 0.626. The van der Waals surface area contributed by atoms with E-state index in [0.717, 1.165) is 11.1 Å². The molecule has 0 spiro atoms. The Kier molecular flexibility index (Phi) is 4.89. The van der Waals surface area contributed by atoms with Gasteiger partial charge < -0.3 is 0 Å². The number of hydrogen-bond donors (Lipinski definition) is 0. The number of rotatable bonds is 0. The molecule has 0 saturated carbocycles. The molecule has 0 amide bonds. The smallest absolute Gasteiger partial charge is 0.123 e. The summed E-state index contributed by atoms with van der Waals surface area (Å²) in [6, 6.07) is 13.2. The lowest BCUT2D eigenvalue weighted by Gasteiger charge is -1.96. The fraction of sp³-hybridized carbons (Fsp3) is 0.250. The molecule has 0 heterocycles. The molecule has 0 fully saturated rings. The van der Waals surface area contributed by atoms with E-state index in [1.807, 2.05) is 13.8 Å². The van der Waals surface area contributed by atoms with Crippen LogP contribution in [-0.2, 0) is 0 Å². The van der Waals surface area contributed by atoms with Gasteiger partial charge in [-0.25, -0.2) is 4.39 Å². The van der Waals surface area contributed by atoms with Gasteiger partial charge in [-0.15, -0.1) is 0 Å². The zero-order valence-corrected chi connectivity index (χ0v) is 10.9. The van der Waals surface area contributed by atoms with E-state index in [2.05, 4.69) is 38.1 Å². The van der Waals surface area contributed by atoms with Crippen molar-refractivity contribution in [3.63, 3.8) is 0 Å². The maximum atomic E-state index is 12.3. The zero-order valence-electron chi connectivity index (χ0n) is 10.9. The van der Waals surface area contributed by atoms with Crippen molar-refractivity contribution in [2.75, 3.05) is 0 Å². The molecule has 0 unspecified atom stereocenters. The molecule has 2 aromatic rings. The molecule has 0 N–H and O–H groups in total. The normalized spacial score (nSPS) is 9.47. The predicted octanol–water partition coefficient (Wildman–Crippen LogP) is 4.75. The molecule has 2 aromatic carbocycles. The van der Waals surface area contributed by atoms with Gasteiger partial charge in [-0.2, -0.15) is 0 Å². The maximum absolute atomic E-state index is 12.3. The second-order valence-electron chi connectivity index (χ2n) is 4.31. The number of halogens is 1. The van der Waals surface area contributed by atoms with Crippen LogP contribution in [-0.4, -0.2) is 0 Å². The van der Waals surface area contributed by atoms with Gasteiger partial charge in [-0.3, -0.25) is 0 Å². The second kappa shape index (κ2) is 6.19. The Hall–Kier alpha value is -1.63. The fourth-order valence-electron chi connectivity index (χ4n) is 1.37. The molecule has 0 atom stereocenters. The molecular weight excluding hydrogens is 211 g/mol. The lowest BCUT2D eigenvalue weighted by atomic mass is 10.1. The Bertz CT molecular complexity index is 466. The van der Waals surface area contributed by atoms with Crippen molar-refractivity contribution >= 4 is 0 Å². The molecule has 0 radical (unpaired) electrons. The SMILES string of the molecule is Cc1ccc(F)cc1C.Cc1ccccc1C. The molecule has 90 valence electrons. The third-order valence-corrected chi connectivity index (χ3v) is 2.89. The van der Waals surface area contributed by atoms with E-state index < -0.39 is 0 Å². The first-order valence-electron chi connectivity index (χ1n) is 5.75. The molecule has 0 aromatic heterocycles. The quantitative estimate of drug-likeness (QED) is 0.613. The van der Waals surface area contributed by atoms with E-state index in [9.17, 15) is 4.39 Å². The average Bonchev–Trinajstić information content (AvgIpc) is 2.29. The predicted molar refractivity (Wildman–Crippen MR) is 71.8 cm³/mol. The molecular formula is C16H19F. The van der Waals surface area contributed by atoms with Crippen molar-refractivity contribution in [3.05, 3.63) is 70.5 Å². The van der Waals surface area contributed by atoms with Gasteiger partial charge in [0.1, 0.15) is 5.82 Å². The minimum absolute atomic E-state index is 0.155. The Balaban J connectivity index is 0.000000171. The molecule has 0 bridgehead atoms. The van der Waals surface area contributed by atoms with Crippen LogP contribution in [0.5, 0.6) is 0 Å². The van der Waals surface area contributed by atoms with Crippen LogP contribution in [0.2, 0.25) is 0 Å². The second-order valence-corrected chi connectivity index (χ2v) is 4.31. The summed E-state index contributed by atoms with van der Waals surface area (Å²) in [6.07, 6.45) is 0. The highest BCUT2D eigenvalue weighted by molar-refractivity contribution is 5.24. The minimum Gasteiger partial charge on any atom is -0.207 e. The van der Waals surface area contributed by atoms with Crippen LogP contribution in [0, 0.1) is 33.5 Å². The molecule has 1 heteroatoms. The largest absolute Gasteiger partial charge is 0.207 e. The summed E-state index contributed by atoms with van der Waals surface area (Å²) in [7, 11) is 0. The summed E-state index contributed by atoms with van der Waals surface area (Å²) in [4.78, 5) is 0. The van der Waals surface area contributed by atoms with Crippen LogP contribution in [0.3, 0.4) is 0 Å². The fourth-order valence-corrected chi connectivity index (χ4v) is 1.37. The number of benzene rings is 2. The van der Waals surface area contributed by atoms with Crippen LogP contribution < -0.4 is 0 Å². The summed E-state index contributed by atoms with van der Waals surface area (Å²) in [5.74, 6) is -0.155. The Labute approximate surface area is 103 Å². The van der Waals surface area contributed by atoms with Gasteiger partial charge in [0.05, 0.1) is 0 Å². The van der Waals surface area contributed by atoms with Crippen LogP contribution in [0.25, 0.3) is 0 Å². The van der Waals surface area contributed by atoms with E-state index in [4.69, 9.17) is 0 Å². The van der Waals surface area contributed by atoms with Crippen molar-refractivity contribution in [2.45, 2.75) is 27.7 Å². The molecule has 0 nitrogen and oxygen atoms in total. The summed E-state index contributed by atoms with van der Waals surface area (Å²) in [5, 5.41) is 0. The van der Waals surface area contributed by atoms with Crippen molar-refractivity contribution in [1.82, 2.24) is 0 Å². The maximum Gasteiger partial charge on any atom is 0.123 e. The van der Waals surface area contributed by atoms with E-state index in [0.29, 0.717) is 0 Å². The highest BCUT2D eigenvalue weighted by Crippen LogP contribution is 2.07. The molecule has 0 saturated heterocycles. The first-order valence-corrected chi connectivity index (χ1v) is 5.75. The van der Waals surface area contributed by atoms with Gasteiger partial charge in [-0.1, -0.05) is 30.3 Å². The van der Waals surface area contributed by atoms with Crippen LogP contribution in [0.1, 0.15) is 22.3 Å². The van der Waals surface area contributed by atoms with Gasteiger partial charge in [0.25, 0.3) is 0 Å².